The van der Waals surface area contributed by atoms with Crippen LogP contribution in [0.25, 0.3) is 0 Å². The summed E-state index contributed by atoms with van der Waals surface area (Å²) in [5.41, 5.74) is 7.16. The second-order valence-corrected chi connectivity index (χ2v) is 10.5. The van der Waals surface area contributed by atoms with Crippen LogP contribution in [0, 0.1) is 5.92 Å². The van der Waals surface area contributed by atoms with Gasteiger partial charge in [-0.05, 0) is 49.9 Å². The number of halogens is 1. The van der Waals surface area contributed by atoms with Gasteiger partial charge in [0.15, 0.2) is 0 Å². The summed E-state index contributed by atoms with van der Waals surface area (Å²) < 4.78 is 0. The Labute approximate surface area is 218 Å². The molecule has 1 heterocycles. The lowest BCUT2D eigenvalue weighted by Crippen LogP contribution is -2.35. The summed E-state index contributed by atoms with van der Waals surface area (Å²) in [7, 11) is 0. The largest absolute Gasteiger partial charge is 0.330 e. The predicted octanol–water partition coefficient (Wildman–Crippen LogP) is 7.72. The van der Waals surface area contributed by atoms with Gasteiger partial charge in [-0.3, -0.25) is 9.69 Å². The van der Waals surface area contributed by atoms with E-state index in [1.165, 1.54) is 44.9 Å². The first kappa shape index (κ1) is 29.4. The lowest BCUT2D eigenvalue weighted by molar-refractivity contribution is -0.120. The molecule has 0 aromatic heterocycles. The molecular formula is C29H46ClN3O2. The smallest absolute Gasteiger partial charge is 0.329 e. The van der Waals surface area contributed by atoms with Gasteiger partial charge in [-0.15, -0.1) is 0 Å². The lowest BCUT2D eigenvalue weighted by atomic mass is 9.93. The molecule has 0 unspecified atom stereocenters. The fourth-order valence-corrected chi connectivity index (χ4v) is 5.07. The number of carbonyl (C=O) groups is 2. The van der Waals surface area contributed by atoms with E-state index in [1.54, 1.807) is 17.0 Å². The Bertz CT molecular complexity index is 798. The second-order valence-electron chi connectivity index (χ2n) is 10.0. The van der Waals surface area contributed by atoms with Crippen LogP contribution in [0.4, 0.5) is 10.5 Å². The molecule has 0 aliphatic carbocycles. The van der Waals surface area contributed by atoms with Crippen molar-refractivity contribution >= 4 is 29.1 Å². The highest BCUT2D eigenvalue weighted by Gasteiger charge is 2.34. The van der Waals surface area contributed by atoms with Gasteiger partial charge in [-0.1, -0.05) is 89.0 Å². The van der Waals surface area contributed by atoms with Crippen LogP contribution in [-0.2, 0) is 4.79 Å². The highest BCUT2D eigenvalue weighted by molar-refractivity contribution is 6.31. The number of rotatable bonds is 19. The van der Waals surface area contributed by atoms with E-state index in [9.17, 15) is 9.59 Å². The maximum atomic E-state index is 13.2. The van der Waals surface area contributed by atoms with Crippen LogP contribution in [0.1, 0.15) is 96.8 Å². The number of urea groups is 1. The van der Waals surface area contributed by atoms with E-state index in [4.69, 9.17) is 17.3 Å². The zero-order valence-electron chi connectivity index (χ0n) is 21.8. The first-order valence-corrected chi connectivity index (χ1v) is 14.1. The van der Waals surface area contributed by atoms with E-state index < -0.39 is 0 Å². The lowest BCUT2D eigenvalue weighted by Gasteiger charge is -2.24. The number of hydrogen-bond donors (Lipinski definition) is 1. The van der Waals surface area contributed by atoms with Crippen LogP contribution in [0.2, 0.25) is 5.02 Å². The van der Waals surface area contributed by atoms with Gasteiger partial charge in [0.2, 0.25) is 0 Å². The fraction of sp³-hybridized carbons (Fsp3) is 0.655. The van der Waals surface area contributed by atoms with Gasteiger partial charge < -0.3 is 10.6 Å². The Morgan fingerprint density at radius 2 is 1.74 bits per heavy atom. The summed E-state index contributed by atoms with van der Waals surface area (Å²) in [6.45, 7) is 8.06. The van der Waals surface area contributed by atoms with Crippen LogP contribution < -0.4 is 10.6 Å². The molecule has 1 aromatic carbocycles. The molecule has 1 saturated heterocycles. The molecule has 196 valence electrons. The molecule has 6 heteroatoms. The molecule has 2 amide bonds. The minimum absolute atomic E-state index is 0.0903. The summed E-state index contributed by atoms with van der Waals surface area (Å²) in [5, 5.41) is 0.586. The molecular weight excluding hydrogens is 458 g/mol. The number of benzene rings is 1. The van der Waals surface area contributed by atoms with Gasteiger partial charge in [0, 0.05) is 30.1 Å². The monoisotopic (exact) mass is 503 g/mol. The van der Waals surface area contributed by atoms with E-state index in [0.29, 0.717) is 43.3 Å². The van der Waals surface area contributed by atoms with Gasteiger partial charge in [-0.2, -0.15) is 0 Å². The molecule has 0 spiro atoms. The van der Waals surface area contributed by atoms with Crippen molar-refractivity contribution in [2.24, 2.45) is 11.7 Å². The van der Waals surface area contributed by atoms with Crippen LogP contribution in [0.15, 0.2) is 36.5 Å². The van der Waals surface area contributed by atoms with Gasteiger partial charge in [-0.25, -0.2) is 4.79 Å². The van der Waals surface area contributed by atoms with E-state index in [-0.39, 0.29) is 11.9 Å². The third-order valence-corrected chi connectivity index (χ3v) is 7.07. The van der Waals surface area contributed by atoms with Crippen LogP contribution in [-0.4, -0.2) is 36.3 Å². The Kier molecular flexibility index (Phi) is 14.1. The number of ketones is 1. The summed E-state index contributed by atoms with van der Waals surface area (Å²) in [5.74, 6) is 0.478. The number of nitrogens with two attached hydrogens (primary N) is 1. The Balaban J connectivity index is 1.81. The molecule has 35 heavy (non-hydrogen) atoms. The number of nitrogens with zero attached hydrogens (tertiary/aromatic N) is 2. The van der Waals surface area contributed by atoms with E-state index >= 15 is 0 Å². The van der Waals surface area contributed by atoms with Crippen molar-refractivity contribution in [3.05, 3.63) is 41.6 Å². The minimum atomic E-state index is -0.0903. The average Bonchev–Trinajstić information content (AvgIpc) is 3.10. The van der Waals surface area contributed by atoms with E-state index in [0.717, 1.165) is 43.5 Å². The van der Waals surface area contributed by atoms with Gasteiger partial charge in [0.1, 0.15) is 5.78 Å². The van der Waals surface area contributed by atoms with Crippen LogP contribution in [0.3, 0.4) is 0 Å². The molecule has 2 rings (SSSR count). The quantitative estimate of drug-likeness (QED) is 0.196. The predicted molar refractivity (Wildman–Crippen MR) is 148 cm³/mol. The summed E-state index contributed by atoms with van der Waals surface area (Å²) in [6.07, 6.45) is 15.3. The molecule has 0 radical (unpaired) electrons. The van der Waals surface area contributed by atoms with Gasteiger partial charge >= 0.3 is 6.03 Å². The minimum Gasteiger partial charge on any atom is -0.330 e. The zero-order valence-corrected chi connectivity index (χ0v) is 22.5. The molecule has 1 atom stereocenters. The van der Waals surface area contributed by atoms with Gasteiger partial charge in [0.05, 0.1) is 12.2 Å². The molecule has 0 bridgehead atoms. The zero-order chi connectivity index (χ0) is 25.5. The molecule has 1 aliphatic rings. The van der Waals surface area contributed by atoms with Gasteiger partial charge in [0.25, 0.3) is 0 Å². The first-order chi connectivity index (χ1) is 17.0. The number of hydrogen-bond acceptors (Lipinski definition) is 3. The van der Waals surface area contributed by atoms with Crippen molar-refractivity contribution in [3.8, 4) is 0 Å². The molecule has 5 nitrogen and oxygen atoms in total. The van der Waals surface area contributed by atoms with Crippen molar-refractivity contribution in [1.29, 1.82) is 0 Å². The second kappa shape index (κ2) is 16.8. The topological polar surface area (TPSA) is 66.6 Å². The summed E-state index contributed by atoms with van der Waals surface area (Å²) >= 11 is 6.13. The maximum Gasteiger partial charge on any atom is 0.329 e. The van der Waals surface area contributed by atoms with Crippen molar-refractivity contribution in [2.45, 2.75) is 96.8 Å². The van der Waals surface area contributed by atoms with Crippen molar-refractivity contribution in [1.82, 2.24) is 4.90 Å². The third-order valence-electron chi connectivity index (χ3n) is 6.84. The van der Waals surface area contributed by atoms with E-state index in [2.05, 4.69) is 13.5 Å². The molecule has 1 aromatic rings. The Morgan fingerprint density at radius 3 is 2.40 bits per heavy atom. The summed E-state index contributed by atoms with van der Waals surface area (Å²) in [4.78, 5) is 29.4. The third kappa shape index (κ3) is 10.7. The molecule has 0 saturated carbocycles. The number of unbranched alkanes of at least 4 members (excludes halogenated alkanes) is 9. The van der Waals surface area contributed by atoms with Crippen molar-refractivity contribution in [2.75, 3.05) is 24.5 Å². The highest BCUT2D eigenvalue weighted by atomic mass is 35.5. The standard InChI is InChI=1S/C29H46ClN3O2/c1-3-4-5-6-7-8-9-10-11-18-28(34)20-25(15-12-13-19-31)23-32-22-24(2)33(29(32)35)27-17-14-16-26(30)21-27/h14,16-17,21,25H,2-13,15,18-20,22-23,31H2,1H3/t25-/m1/s1. The summed E-state index contributed by atoms with van der Waals surface area (Å²) in [6, 6.07) is 7.18. The van der Waals surface area contributed by atoms with Crippen LogP contribution in [0.5, 0.6) is 0 Å². The van der Waals surface area contributed by atoms with Crippen molar-refractivity contribution < 1.29 is 9.59 Å². The molecule has 2 N–H and O–H groups in total. The fourth-order valence-electron chi connectivity index (χ4n) is 4.89. The number of amides is 2. The number of anilines is 1. The number of carbonyl (C=O) groups excluding carboxylic acids is 2. The van der Waals surface area contributed by atoms with E-state index in [1.807, 2.05) is 17.0 Å². The molecule has 1 aliphatic heterocycles. The first-order valence-electron chi connectivity index (χ1n) is 13.7. The maximum absolute atomic E-state index is 13.2. The normalized spacial score (nSPS) is 14.7. The SMILES string of the molecule is C=C1CN(C[C@H](CCCCN)CC(=O)CCCCCCCCCCC)C(=O)N1c1cccc(Cl)c1. The highest BCUT2D eigenvalue weighted by Crippen LogP contribution is 2.30. The molecule has 1 fully saturated rings. The number of Topliss-reactive ketones (excluding diaryl/α,β-unsaturated/α-hetero) is 1. The Morgan fingerprint density at radius 1 is 1.06 bits per heavy atom. The Hall–Kier alpha value is -1.85. The average molecular weight is 504 g/mol. The van der Waals surface area contributed by atoms with Crippen molar-refractivity contribution in [3.63, 3.8) is 0 Å². The van der Waals surface area contributed by atoms with Crippen LogP contribution >= 0.6 is 11.6 Å².